The zero-order chi connectivity index (χ0) is 21.2. The van der Waals surface area contributed by atoms with Crippen LogP contribution in [0.3, 0.4) is 0 Å². The highest BCUT2D eigenvalue weighted by Gasteiger charge is 2.28. The molecule has 2 aromatic heterocycles. The molecule has 152 valence electrons. The fraction of sp³-hybridized carbons (Fsp3) is 0.0800. The number of carbonyl (C=O) groups is 1. The summed E-state index contributed by atoms with van der Waals surface area (Å²) in [5.74, 6) is 0.00520. The molecule has 31 heavy (non-hydrogen) atoms. The van der Waals surface area contributed by atoms with Gasteiger partial charge in [0.25, 0.3) is 5.91 Å². The first-order valence-corrected chi connectivity index (χ1v) is 10.1. The number of aryl methyl sites for hydroxylation is 1. The summed E-state index contributed by atoms with van der Waals surface area (Å²) in [6.45, 7) is 2.51. The lowest BCUT2D eigenvalue weighted by Gasteiger charge is -2.17. The summed E-state index contributed by atoms with van der Waals surface area (Å²) >= 11 is 0. The molecule has 1 aliphatic rings. The Morgan fingerprint density at radius 1 is 0.806 bits per heavy atom. The average Bonchev–Trinajstić information content (AvgIpc) is 3.11. The van der Waals surface area contributed by atoms with Crippen LogP contribution in [-0.2, 0) is 6.54 Å². The summed E-state index contributed by atoms with van der Waals surface area (Å²) in [7, 11) is 0. The van der Waals surface area contributed by atoms with E-state index in [1.54, 1.807) is 18.6 Å². The van der Waals surface area contributed by atoms with Gasteiger partial charge in [-0.25, -0.2) is 0 Å². The molecule has 1 amide bonds. The second-order valence-corrected chi connectivity index (χ2v) is 7.49. The molecular weight excluding hydrogens is 386 g/mol. The molecule has 1 aliphatic heterocycles. The second-order valence-electron chi connectivity index (χ2n) is 7.49. The molecule has 0 aliphatic carbocycles. The van der Waals surface area contributed by atoms with E-state index in [2.05, 4.69) is 20.6 Å². The number of fused-ring (bicyclic) bond motifs is 1. The fourth-order valence-corrected chi connectivity index (χ4v) is 3.73. The number of carbonyl (C=O) groups excluding carboxylic acids is 1. The molecule has 0 atom stereocenters. The fourth-order valence-electron chi connectivity index (χ4n) is 3.73. The van der Waals surface area contributed by atoms with Gasteiger partial charge in [0.15, 0.2) is 0 Å². The Hall–Kier alpha value is -4.19. The number of aromatic nitrogens is 2. The molecule has 0 radical (unpaired) electrons. The predicted octanol–water partition coefficient (Wildman–Crippen LogP) is 5.43. The largest absolute Gasteiger partial charge is 0.355 e. The van der Waals surface area contributed by atoms with Gasteiger partial charge < -0.3 is 15.5 Å². The zero-order valence-electron chi connectivity index (χ0n) is 17.0. The Labute approximate surface area is 180 Å². The SMILES string of the molecule is Cc1cc(Nc2ccc3c(c2)C(=O)N(c2cccc(Nc4ccncc4)c2)C3)ccn1. The van der Waals surface area contributed by atoms with Crippen molar-refractivity contribution in [3.05, 3.63) is 102 Å². The van der Waals surface area contributed by atoms with Crippen molar-refractivity contribution in [1.82, 2.24) is 9.97 Å². The van der Waals surface area contributed by atoms with Crippen LogP contribution in [0.15, 0.2) is 85.3 Å². The molecule has 4 aromatic rings. The molecule has 5 rings (SSSR count). The van der Waals surface area contributed by atoms with Crippen molar-refractivity contribution in [3.63, 3.8) is 0 Å². The monoisotopic (exact) mass is 407 g/mol. The third-order valence-electron chi connectivity index (χ3n) is 5.23. The normalized spacial score (nSPS) is 12.5. The molecule has 0 spiro atoms. The maximum Gasteiger partial charge on any atom is 0.259 e. The Balaban J connectivity index is 1.37. The van der Waals surface area contributed by atoms with Crippen LogP contribution in [-0.4, -0.2) is 15.9 Å². The minimum Gasteiger partial charge on any atom is -0.355 e. The molecule has 0 saturated heterocycles. The number of rotatable bonds is 5. The minimum atomic E-state index is 0.00520. The molecule has 0 saturated carbocycles. The van der Waals surface area contributed by atoms with Crippen LogP contribution in [0.4, 0.5) is 28.4 Å². The number of nitrogens with zero attached hydrogens (tertiary/aromatic N) is 3. The molecule has 0 bridgehead atoms. The third-order valence-corrected chi connectivity index (χ3v) is 5.23. The Bertz CT molecular complexity index is 1260. The van der Waals surface area contributed by atoms with Crippen molar-refractivity contribution in [1.29, 1.82) is 0 Å². The minimum absolute atomic E-state index is 0.00520. The summed E-state index contributed by atoms with van der Waals surface area (Å²) in [4.78, 5) is 23.2. The number of anilines is 5. The van der Waals surface area contributed by atoms with E-state index in [0.29, 0.717) is 6.54 Å². The van der Waals surface area contributed by atoms with Crippen LogP contribution in [0.1, 0.15) is 21.6 Å². The summed E-state index contributed by atoms with van der Waals surface area (Å²) in [6.07, 6.45) is 5.25. The Morgan fingerprint density at radius 3 is 2.39 bits per heavy atom. The van der Waals surface area contributed by atoms with Gasteiger partial charge in [0.2, 0.25) is 0 Å². The summed E-state index contributed by atoms with van der Waals surface area (Å²) in [5.41, 5.74) is 7.25. The zero-order valence-corrected chi connectivity index (χ0v) is 17.0. The van der Waals surface area contributed by atoms with E-state index < -0.39 is 0 Å². The van der Waals surface area contributed by atoms with Crippen molar-refractivity contribution in [2.45, 2.75) is 13.5 Å². The van der Waals surface area contributed by atoms with E-state index in [1.807, 2.05) is 78.6 Å². The van der Waals surface area contributed by atoms with Gasteiger partial charge in [0, 0.05) is 58.3 Å². The first-order valence-electron chi connectivity index (χ1n) is 10.1. The summed E-state index contributed by atoms with van der Waals surface area (Å²) in [6, 6.07) is 21.5. The molecule has 0 unspecified atom stereocenters. The highest BCUT2D eigenvalue weighted by atomic mass is 16.2. The van der Waals surface area contributed by atoms with Gasteiger partial charge in [-0.1, -0.05) is 12.1 Å². The lowest BCUT2D eigenvalue weighted by atomic mass is 10.1. The molecule has 0 fully saturated rings. The van der Waals surface area contributed by atoms with E-state index in [1.165, 1.54) is 0 Å². The van der Waals surface area contributed by atoms with Crippen LogP contribution in [0, 0.1) is 6.92 Å². The van der Waals surface area contributed by atoms with Gasteiger partial charge in [0.05, 0.1) is 6.54 Å². The first kappa shape index (κ1) is 18.8. The van der Waals surface area contributed by atoms with E-state index in [4.69, 9.17) is 0 Å². The molecule has 6 heteroatoms. The number of benzene rings is 2. The molecule has 2 aromatic carbocycles. The lowest BCUT2D eigenvalue weighted by molar-refractivity contribution is 0.0996. The number of hydrogen-bond acceptors (Lipinski definition) is 5. The van der Waals surface area contributed by atoms with Crippen LogP contribution < -0.4 is 15.5 Å². The third kappa shape index (κ3) is 3.96. The van der Waals surface area contributed by atoms with E-state index in [-0.39, 0.29) is 5.91 Å². The van der Waals surface area contributed by atoms with Crippen LogP contribution in [0.2, 0.25) is 0 Å². The number of amides is 1. The maximum atomic E-state index is 13.2. The average molecular weight is 407 g/mol. The smallest absolute Gasteiger partial charge is 0.259 e. The number of hydrogen-bond donors (Lipinski definition) is 2. The van der Waals surface area contributed by atoms with Crippen LogP contribution >= 0.6 is 0 Å². The maximum absolute atomic E-state index is 13.2. The van der Waals surface area contributed by atoms with Gasteiger partial charge in [0.1, 0.15) is 0 Å². The Morgan fingerprint density at radius 2 is 1.55 bits per heavy atom. The topological polar surface area (TPSA) is 70.2 Å². The second kappa shape index (κ2) is 7.91. The molecule has 2 N–H and O–H groups in total. The highest BCUT2D eigenvalue weighted by molar-refractivity contribution is 6.10. The lowest BCUT2D eigenvalue weighted by Crippen LogP contribution is -2.22. The van der Waals surface area contributed by atoms with Gasteiger partial charge in [-0.05, 0) is 67.1 Å². The van der Waals surface area contributed by atoms with E-state index >= 15 is 0 Å². The van der Waals surface area contributed by atoms with Crippen molar-refractivity contribution in [3.8, 4) is 0 Å². The number of pyridine rings is 2. The number of nitrogens with one attached hydrogen (secondary N) is 2. The van der Waals surface area contributed by atoms with Crippen molar-refractivity contribution in [2.24, 2.45) is 0 Å². The van der Waals surface area contributed by atoms with Crippen molar-refractivity contribution < 1.29 is 4.79 Å². The van der Waals surface area contributed by atoms with E-state index in [9.17, 15) is 4.79 Å². The predicted molar refractivity (Wildman–Crippen MR) is 123 cm³/mol. The van der Waals surface area contributed by atoms with E-state index in [0.717, 1.165) is 45.3 Å². The van der Waals surface area contributed by atoms with Gasteiger partial charge in [-0.3, -0.25) is 14.8 Å². The molecule has 6 nitrogen and oxygen atoms in total. The van der Waals surface area contributed by atoms with Gasteiger partial charge in [-0.2, -0.15) is 0 Å². The quantitative estimate of drug-likeness (QED) is 0.461. The standard InChI is InChI=1S/C25H21N5O/c1-17-13-22(9-12-27-17)29-21-6-5-18-16-30(25(31)24(18)15-21)23-4-2-3-20(14-23)28-19-7-10-26-11-8-19/h2-15H,16H2,1H3,(H,26,28)(H,27,29). The van der Waals surface area contributed by atoms with Gasteiger partial charge in [-0.15, -0.1) is 0 Å². The Kier molecular flexibility index (Phi) is 4.80. The first-order chi connectivity index (χ1) is 15.2. The molecule has 3 heterocycles. The van der Waals surface area contributed by atoms with Crippen LogP contribution in [0.25, 0.3) is 0 Å². The summed E-state index contributed by atoms with van der Waals surface area (Å²) in [5, 5.41) is 6.71. The van der Waals surface area contributed by atoms with Crippen LogP contribution in [0.5, 0.6) is 0 Å². The molecular formula is C25H21N5O. The van der Waals surface area contributed by atoms with Crippen molar-refractivity contribution >= 4 is 34.3 Å². The highest BCUT2D eigenvalue weighted by Crippen LogP contribution is 2.32. The summed E-state index contributed by atoms with van der Waals surface area (Å²) < 4.78 is 0. The van der Waals surface area contributed by atoms with Gasteiger partial charge >= 0.3 is 0 Å². The van der Waals surface area contributed by atoms with Crippen molar-refractivity contribution in [2.75, 3.05) is 15.5 Å².